The molecule has 2 aromatic carbocycles. The fourth-order valence-electron chi connectivity index (χ4n) is 2.53. The number of carbonyl (C=O) groups excluding carboxylic acids is 1. The van der Waals surface area contributed by atoms with Gasteiger partial charge in [0, 0.05) is 6.07 Å². The Morgan fingerprint density at radius 3 is 2.36 bits per heavy atom. The lowest BCUT2D eigenvalue weighted by molar-refractivity contribution is -0.122. The van der Waals surface area contributed by atoms with E-state index in [1.165, 1.54) is 0 Å². The first-order valence-corrected chi connectivity index (χ1v) is 8.25. The van der Waals surface area contributed by atoms with Crippen LogP contribution in [0.3, 0.4) is 0 Å². The second kappa shape index (κ2) is 8.42. The van der Waals surface area contributed by atoms with Crippen LogP contribution in [0.5, 0.6) is 17.2 Å². The number of hydrogen-bond acceptors (Lipinski definition) is 4. The third kappa shape index (κ3) is 4.66. The van der Waals surface area contributed by atoms with E-state index in [1.54, 1.807) is 32.4 Å². The molecule has 0 aromatic heterocycles. The summed E-state index contributed by atoms with van der Waals surface area (Å²) >= 11 is 0. The van der Waals surface area contributed by atoms with Gasteiger partial charge in [-0.05, 0) is 44.0 Å². The van der Waals surface area contributed by atoms with Crippen LogP contribution in [-0.2, 0) is 4.79 Å². The van der Waals surface area contributed by atoms with Crippen LogP contribution < -0.4 is 19.5 Å². The number of amides is 1. The molecule has 0 fully saturated rings. The molecule has 25 heavy (non-hydrogen) atoms. The Hall–Kier alpha value is -2.69. The molecule has 0 aliphatic carbocycles. The fourth-order valence-corrected chi connectivity index (χ4v) is 2.53. The molecule has 0 aliphatic rings. The number of nitrogens with one attached hydrogen (secondary N) is 1. The van der Waals surface area contributed by atoms with Crippen molar-refractivity contribution in [3.05, 3.63) is 47.5 Å². The smallest absolute Gasteiger partial charge is 0.265 e. The summed E-state index contributed by atoms with van der Waals surface area (Å²) in [5, 5.41) is 2.87. The Kier molecular flexibility index (Phi) is 6.28. The van der Waals surface area contributed by atoms with Gasteiger partial charge in [0.2, 0.25) is 0 Å². The monoisotopic (exact) mass is 343 g/mol. The van der Waals surface area contributed by atoms with E-state index in [-0.39, 0.29) is 5.91 Å². The van der Waals surface area contributed by atoms with E-state index in [9.17, 15) is 4.79 Å². The summed E-state index contributed by atoms with van der Waals surface area (Å²) in [5.41, 5.74) is 2.71. The minimum Gasteiger partial charge on any atom is -0.497 e. The molecule has 5 heteroatoms. The highest BCUT2D eigenvalue weighted by Gasteiger charge is 2.21. The summed E-state index contributed by atoms with van der Waals surface area (Å²) < 4.78 is 16.4. The molecule has 0 saturated heterocycles. The summed E-state index contributed by atoms with van der Waals surface area (Å²) in [6.07, 6.45) is -0.0527. The number of methoxy groups -OCH3 is 2. The zero-order chi connectivity index (χ0) is 18.4. The number of aryl methyl sites for hydroxylation is 2. The summed E-state index contributed by atoms with van der Waals surface area (Å²) in [4.78, 5) is 12.7. The number of anilines is 1. The first-order valence-electron chi connectivity index (χ1n) is 8.25. The van der Waals surface area contributed by atoms with Crippen LogP contribution in [0.1, 0.15) is 24.5 Å². The molecular formula is C20H25NO4. The van der Waals surface area contributed by atoms with E-state index >= 15 is 0 Å². The highest BCUT2D eigenvalue weighted by molar-refractivity contribution is 5.95. The van der Waals surface area contributed by atoms with Crippen molar-refractivity contribution >= 4 is 11.6 Å². The quantitative estimate of drug-likeness (QED) is 0.822. The maximum absolute atomic E-state index is 12.7. The molecule has 134 valence electrons. The van der Waals surface area contributed by atoms with Crippen LogP contribution in [0.25, 0.3) is 0 Å². The maximum atomic E-state index is 12.7. The van der Waals surface area contributed by atoms with E-state index in [0.29, 0.717) is 29.4 Å². The van der Waals surface area contributed by atoms with Crippen molar-refractivity contribution in [1.82, 2.24) is 0 Å². The molecular weight excluding hydrogens is 318 g/mol. The molecule has 0 bridgehead atoms. The molecule has 2 aromatic rings. The lowest BCUT2D eigenvalue weighted by atomic mass is 10.1. The zero-order valence-corrected chi connectivity index (χ0v) is 15.4. The van der Waals surface area contributed by atoms with Crippen LogP contribution >= 0.6 is 0 Å². The Bertz CT molecular complexity index is 742. The third-order valence-corrected chi connectivity index (χ3v) is 3.93. The average Bonchev–Trinajstić information content (AvgIpc) is 2.60. The molecule has 2 rings (SSSR count). The van der Waals surface area contributed by atoms with Gasteiger partial charge in [-0.2, -0.15) is 0 Å². The summed E-state index contributed by atoms with van der Waals surface area (Å²) in [5.74, 6) is 1.69. The minimum atomic E-state index is -0.600. The Balaban J connectivity index is 2.17. The van der Waals surface area contributed by atoms with Gasteiger partial charge in [0.05, 0.1) is 19.9 Å². The summed E-state index contributed by atoms with van der Waals surface area (Å²) in [6.45, 7) is 5.91. The standard InChI is InChI=1S/C20H25NO4/c1-6-17(25-18-9-7-13(2)11-14(18)3)20(22)21-16-12-15(23-4)8-10-19(16)24-5/h7-12,17H,6H2,1-5H3,(H,21,22)/t17-/m0/s1. The highest BCUT2D eigenvalue weighted by atomic mass is 16.5. The number of carbonyl (C=O) groups is 1. The fraction of sp³-hybridized carbons (Fsp3) is 0.350. The molecule has 0 unspecified atom stereocenters. The Morgan fingerprint density at radius 1 is 1.04 bits per heavy atom. The van der Waals surface area contributed by atoms with Crippen molar-refractivity contribution in [3.8, 4) is 17.2 Å². The van der Waals surface area contributed by atoms with Gasteiger partial charge in [-0.1, -0.05) is 24.6 Å². The summed E-state index contributed by atoms with van der Waals surface area (Å²) in [7, 11) is 3.13. The highest BCUT2D eigenvalue weighted by Crippen LogP contribution is 2.29. The SMILES string of the molecule is CC[C@H](Oc1ccc(C)cc1C)C(=O)Nc1cc(OC)ccc1OC. The van der Waals surface area contributed by atoms with Crippen LogP contribution in [0.4, 0.5) is 5.69 Å². The molecule has 0 aliphatic heterocycles. The normalized spacial score (nSPS) is 11.6. The predicted molar refractivity (Wildman–Crippen MR) is 98.8 cm³/mol. The number of ether oxygens (including phenoxy) is 3. The molecule has 1 amide bonds. The molecule has 0 radical (unpaired) electrons. The van der Waals surface area contributed by atoms with E-state index in [2.05, 4.69) is 5.32 Å². The van der Waals surface area contributed by atoms with Crippen molar-refractivity contribution in [1.29, 1.82) is 0 Å². The number of benzene rings is 2. The molecule has 0 spiro atoms. The zero-order valence-electron chi connectivity index (χ0n) is 15.4. The second-order valence-corrected chi connectivity index (χ2v) is 5.84. The Morgan fingerprint density at radius 2 is 1.76 bits per heavy atom. The lowest BCUT2D eigenvalue weighted by Crippen LogP contribution is -2.32. The molecule has 0 saturated carbocycles. The largest absolute Gasteiger partial charge is 0.497 e. The van der Waals surface area contributed by atoms with Gasteiger partial charge in [-0.15, -0.1) is 0 Å². The van der Waals surface area contributed by atoms with Gasteiger partial charge in [0.15, 0.2) is 6.10 Å². The van der Waals surface area contributed by atoms with Crippen molar-refractivity contribution < 1.29 is 19.0 Å². The third-order valence-electron chi connectivity index (χ3n) is 3.93. The first-order chi connectivity index (χ1) is 12.0. The molecule has 5 nitrogen and oxygen atoms in total. The van der Waals surface area contributed by atoms with Crippen LogP contribution in [-0.4, -0.2) is 26.2 Å². The van der Waals surface area contributed by atoms with Gasteiger partial charge in [-0.25, -0.2) is 0 Å². The van der Waals surface area contributed by atoms with Crippen molar-refractivity contribution in [2.75, 3.05) is 19.5 Å². The van der Waals surface area contributed by atoms with Crippen LogP contribution in [0, 0.1) is 13.8 Å². The Labute approximate surface area is 148 Å². The van der Waals surface area contributed by atoms with Crippen molar-refractivity contribution in [3.63, 3.8) is 0 Å². The second-order valence-electron chi connectivity index (χ2n) is 5.84. The number of rotatable bonds is 7. The van der Waals surface area contributed by atoms with Gasteiger partial charge < -0.3 is 19.5 Å². The van der Waals surface area contributed by atoms with Crippen LogP contribution in [0.2, 0.25) is 0 Å². The van der Waals surface area contributed by atoms with E-state index in [1.807, 2.05) is 39.0 Å². The van der Waals surface area contributed by atoms with E-state index < -0.39 is 6.10 Å². The topological polar surface area (TPSA) is 56.8 Å². The van der Waals surface area contributed by atoms with E-state index in [4.69, 9.17) is 14.2 Å². The van der Waals surface area contributed by atoms with Gasteiger partial charge in [-0.3, -0.25) is 4.79 Å². The average molecular weight is 343 g/mol. The van der Waals surface area contributed by atoms with Crippen molar-refractivity contribution in [2.45, 2.75) is 33.3 Å². The van der Waals surface area contributed by atoms with E-state index in [0.717, 1.165) is 11.1 Å². The maximum Gasteiger partial charge on any atom is 0.265 e. The lowest BCUT2D eigenvalue weighted by Gasteiger charge is -2.20. The molecule has 1 N–H and O–H groups in total. The van der Waals surface area contributed by atoms with Gasteiger partial charge in [0.1, 0.15) is 17.2 Å². The summed E-state index contributed by atoms with van der Waals surface area (Å²) in [6, 6.07) is 11.1. The number of hydrogen-bond donors (Lipinski definition) is 1. The molecule has 0 heterocycles. The van der Waals surface area contributed by atoms with Gasteiger partial charge in [0.25, 0.3) is 5.91 Å². The molecule has 1 atom stereocenters. The predicted octanol–water partition coefficient (Wildman–Crippen LogP) is 4.12. The van der Waals surface area contributed by atoms with Crippen molar-refractivity contribution in [2.24, 2.45) is 0 Å². The van der Waals surface area contributed by atoms with Gasteiger partial charge >= 0.3 is 0 Å². The minimum absolute atomic E-state index is 0.228. The first kappa shape index (κ1) is 18.6. The van der Waals surface area contributed by atoms with Crippen LogP contribution in [0.15, 0.2) is 36.4 Å².